The van der Waals surface area contributed by atoms with Crippen LogP contribution in [0.4, 0.5) is 0 Å². The third-order valence-electron chi connectivity index (χ3n) is 4.67. The largest absolute Gasteiger partial charge is 0.478 e. The van der Waals surface area contributed by atoms with E-state index in [0.29, 0.717) is 6.42 Å². The molecule has 0 aliphatic rings. The summed E-state index contributed by atoms with van der Waals surface area (Å²) in [6, 6.07) is 0. The van der Waals surface area contributed by atoms with E-state index in [1.807, 2.05) is 0 Å². The van der Waals surface area contributed by atoms with E-state index in [1.165, 1.54) is 83.6 Å². The third-order valence-corrected chi connectivity index (χ3v) is 4.67. The van der Waals surface area contributed by atoms with Crippen LogP contribution in [0.25, 0.3) is 0 Å². The highest BCUT2D eigenvalue weighted by molar-refractivity contribution is 5.98. The van der Waals surface area contributed by atoms with Crippen molar-refractivity contribution in [3.8, 4) is 0 Å². The maximum atomic E-state index is 11.6. The number of carboxylic acid groups (broad SMARTS) is 1. The number of carbonyl (C=O) groups excluding carboxylic acids is 1. The molecule has 25 heavy (non-hydrogen) atoms. The Morgan fingerprint density at radius 3 is 1.56 bits per heavy atom. The summed E-state index contributed by atoms with van der Waals surface area (Å²) < 4.78 is 0. The van der Waals surface area contributed by atoms with Gasteiger partial charge in [0.25, 0.3) is 0 Å². The molecule has 3 nitrogen and oxygen atoms in total. The van der Waals surface area contributed by atoms with Crippen LogP contribution in [0.5, 0.6) is 0 Å². The number of aliphatic carboxylic acids is 1. The lowest BCUT2D eigenvalue weighted by atomic mass is 10.0. The Balaban J connectivity index is 3.28. The lowest BCUT2D eigenvalue weighted by molar-refractivity contribution is -0.132. The number of carboxylic acids is 1. The van der Waals surface area contributed by atoms with Gasteiger partial charge >= 0.3 is 5.97 Å². The summed E-state index contributed by atoms with van der Waals surface area (Å²) in [6.45, 7) is 6.07. The van der Waals surface area contributed by atoms with Crippen LogP contribution >= 0.6 is 0 Å². The molecule has 0 fully saturated rings. The normalized spacial score (nSPS) is 11.9. The Bertz CT molecular complexity index is 383. The Morgan fingerprint density at radius 1 is 0.760 bits per heavy atom. The second-order valence-electron chi connectivity index (χ2n) is 7.77. The molecule has 1 N–H and O–H groups in total. The predicted octanol–water partition coefficient (Wildman–Crippen LogP) is 6.70. The molecule has 0 radical (unpaired) electrons. The van der Waals surface area contributed by atoms with Crippen LogP contribution in [0.15, 0.2) is 11.6 Å². The molecule has 0 aliphatic heterocycles. The van der Waals surface area contributed by atoms with Gasteiger partial charge in [-0.25, -0.2) is 4.79 Å². The fourth-order valence-corrected chi connectivity index (χ4v) is 2.99. The van der Waals surface area contributed by atoms with Gasteiger partial charge in [-0.1, -0.05) is 90.9 Å². The van der Waals surface area contributed by atoms with Crippen molar-refractivity contribution in [2.45, 2.75) is 111 Å². The van der Waals surface area contributed by atoms with E-state index in [2.05, 4.69) is 13.8 Å². The Morgan fingerprint density at radius 2 is 1.16 bits per heavy atom. The number of carbonyl (C=O) groups is 2. The van der Waals surface area contributed by atoms with Crippen molar-refractivity contribution in [1.29, 1.82) is 0 Å². The summed E-state index contributed by atoms with van der Waals surface area (Å²) in [5.74, 6) is -0.222. The highest BCUT2D eigenvalue weighted by atomic mass is 16.4. The average Bonchev–Trinajstić information content (AvgIpc) is 2.54. The van der Waals surface area contributed by atoms with Crippen LogP contribution in [-0.2, 0) is 9.59 Å². The summed E-state index contributed by atoms with van der Waals surface area (Å²) in [4.78, 5) is 22.2. The molecule has 0 aromatic carbocycles. The number of rotatable bonds is 17. The highest BCUT2D eigenvalue weighted by Gasteiger charge is 2.04. The third kappa shape index (κ3) is 17.5. The second-order valence-corrected chi connectivity index (χ2v) is 7.77. The van der Waals surface area contributed by atoms with Gasteiger partial charge in [0.15, 0.2) is 5.78 Å². The van der Waals surface area contributed by atoms with Crippen molar-refractivity contribution in [3.63, 3.8) is 0 Å². The van der Waals surface area contributed by atoms with Crippen LogP contribution in [0.3, 0.4) is 0 Å². The summed E-state index contributed by atoms with van der Waals surface area (Å²) in [6.07, 6.45) is 18.5. The molecule has 0 rings (SSSR count). The smallest absolute Gasteiger partial charge is 0.331 e. The maximum Gasteiger partial charge on any atom is 0.331 e. The van der Waals surface area contributed by atoms with Gasteiger partial charge in [-0.3, -0.25) is 4.79 Å². The zero-order valence-corrected chi connectivity index (χ0v) is 16.8. The first-order valence-electron chi connectivity index (χ1n) is 10.4. The summed E-state index contributed by atoms with van der Waals surface area (Å²) in [5.41, 5.74) is 0.130. The van der Waals surface area contributed by atoms with E-state index in [9.17, 15) is 9.59 Å². The maximum absolute atomic E-state index is 11.6. The zero-order valence-electron chi connectivity index (χ0n) is 16.8. The molecular weight excluding hydrogens is 312 g/mol. The molecule has 0 unspecified atom stereocenters. The predicted molar refractivity (Wildman–Crippen MR) is 106 cm³/mol. The van der Waals surface area contributed by atoms with Gasteiger partial charge in [0.05, 0.1) is 0 Å². The number of allylic oxidation sites excluding steroid dienone is 1. The van der Waals surface area contributed by atoms with Crippen molar-refractivity contribution in [3.05, 3.63) is 11.6 Å². The Labute approximate surface area is 155 Å². The van der Waals surface area contributed by atoms with Crippen LogP contribution in [0.2, 0.25) is 0 Å². The van der Waals surface area contributed by atoms with Gasteiger partial charge in [-0.2, -0.15) is 0 Å². The number of ketones is 1. The van der Waals surface area contributed by atoms with Gasteiger partial charge in [0.2, 0.25) is 0 Å². The van der Waals surface area contributed by atoms with Crippen molar-refractivity contribution in [2.75, 3.05) is 0 Å². The van der Waals surface area contributed by atoms with Gasteiger partial charge in [0, 0.05) is 12.0 Å². The van der Waals surface area contributed by atoms with Crippen molar-refractivity contribution < 1.29 is 14.7 Å². The Hall–Kier alpha value is -1.12. The van der Waals surface area contributed by atoms with E-state index >= 15 is 0 Å². The molecule has 0 spiro atoms. The van der Waals surface area contributed by atoms with E-state index in [-0.39, 0.29) is 11.4 Å². The van der Waals surface area contributed by atoms with E-state index < -0.39 is 5.97 Å². The Kier molecular flexibility index (Phi) is 15.6. The first-order chi connectivity index (χ1) is 11.9. The van der Waals surface area contributed by atoms with Crippen LogP contribution in [0, 0.1) is 5.92 Å². The lowest BCUT2D eigenvalue weighted by Crippen LogP contribution is -2.01. The van der Waals surface area contributed by atoms with Gasteiger partial charge in [-0.15, -0.1) is 0 Å². The molecule has 0 atom stereocenters. The van der Waals surface area contributed by atoms with Crippen LogP contribution < -0.4 is 0 Å². The molecule has 0 saturated heterocycles. The second kappa shape index (κ2) is 16.4. The molecule has 0 aromatic heterocycles. The van der Waals surface area contributed by atoms with Crippen molar-refractivity contribution in [1.82, 2.24) is 0 Å². The molecule has 3 heteroatoms. The first-order valence-corrected chi connectivity index (χ1v) is 10.4. The summed E-state index contributed by atoms with van der Waals surface area (Å²) >= 11 is 0. The van der Waals surface area contributed by atoms with Crippen LogP contribution in [-0.4, -0.2) is 16.9 Å². The molecule has 0 aromatic rings. The van der Waals surface area contributed by atoms with E-state index in [0.717, 1.165) is 18.8 Å². The summed E-state index contributed by atoms with van der Waals surface area (Å²) in [7, 11) is 0. The minimum atomic E-state index is -1.01. The molecule has 0 aliphatic carbocycles. The molecule has 0 amide bonds. The average molecular weight is 353 g/mol. The molecular formula is C22H40O3. The SMILES string of the molecule is CC(=CC(=O)CCCCCCCCCCCCCCC(C)C)C(=O)O. The minimum Gasteiger partial charge on any atom is -0.478 e. The molecule has 0 saturated carbocycles. The number of unbranched alkanes of at least 4 members (excludes halogenated alkanes) is 11. The van der Waals surface area contributed by atoms with Crippen molar-refractivity contribution in [2.24, 2.45) is 5.92 Å². The van der Waals surface area contributed by atoms with E-state index in [1.54, 1.807) is 0 Å². The standard InChI is InChI=1S/C22H40O3/c1-19(2)16-14-12-10-8-6-4-5-7-9-11-13-15-17-21(23)18-20(3)22(24)25/h18-19H,4-17H2,1-3H3,(H,24,25). The van der Waals surface area contributed by atoms with E-state index in [4.69, 9.17) is 5.11 Å². The fraction of sp³-hybridized carbons (Fsp3) is 0.818. The van der Waals surface area contributed by atoms with Gasteiger partial charge in [-0.05, 0) is 25.3 Å². The fourth-order valence-electron chi connectivity index (χ4n) is 2.99. The first kappa shape index (κ1) is 23.9. The number of hydrogen-bond donors (Lipinski definition) is 1. The van der Waals surface area contributed by atoms with Gasteiger partial charge in [0.1, 0.15) is 0 Å². The molecule has 0 bridgehead atoms. The molecule has 0 heterocycles. The monoisotopic (exact) mass is 352 g/mol. The quantitative estimate of drug-likeness (QED) is 0.234. The minimum absolute atomic E-state index is 0.0618. The number of hydrogen-bond acceptors (Lipinski definition) is 2. The summed E-state index contributed by atoms with van der Waals surface area (Å²) in [5, 5.41) is 8.71. The van der Waals surface area contributed by atoms with Crippen LogP contribution in [0.1, 0.15) is 111 Å². The molecule has 146 valence electrons. The zero-order chi connectivity index (χ0) is 18.9. The highest BCUT2D eigenvalue weighted by Crippen LogP contribution is 2.14. The lowest BCUT2D eigenvalue weighted by Gasteiger charge is -2.04. The topological polar surface area (TPSA) is 54.4 Å². The van der Waals surface area contributed by atoms with Gasteiger partial charge < -0.3 is 5.11 Å². The van der Waals surface area contributed by atoms with Crippen molar-refractivity contribution >= 4 is 11.8 Å².